The first kappa shape index (κ1) is 11.3. The molecule has 0 aliphatic heterocycles. The highest BCUT2D eigenvalue weighted by molar-refractivity contribution is 5.87. The van der Waals surface area contributed by atoms with Crippen molar-refractivity contribution >= 4 is 5.78 Å². The van der Waals surface area contributed by atoms with E-state index in [-0.39, 0.29) is 11.5 Å². The van der Waals surface area contributed by atoms with Crippen LogP contribution in [-0.4, -0.2) is 15.9 Å². The Bertz CT molecular complexity index is 523. The lowest BCUT2D eigenvalue weighted by Crippen LogP contribution is -2.10. The second-order valence-corrected chi connectivity index (χ2v) is 3.89. The Balaban J connectivity index is 2.51. The van der Waals surface area contributed by atoms with Crippen molar-refractivity contribution in [1.29, 1.82) is 0 Å². The number of hydrogen-bond donors (Lipinski definition) is 1. The number of carbonyl (C=O) groups excluding carboxylic acids is 1. The number of aromatic hydroxyl groups is 1. The minimum absolute atomic E-state index is 0.0144. The summed E-state index contributed by atoms with van der Waals surface area (Å²) in [6.07, 6.45) is 3.31. The number of rotatable bonds is 3. The van der Waals surface area contributed by atoms with Gasteiger partial charge in [-0.15, -0.1) is 0 Å². The number of para-hydroxylation sites is 1. The topological polar surface area (TPSA) is 50.2 Å². The highest BCUT2D eigenvalue weighted by Gasteiger charge is 2.21. The molecule has 0 aliphatic rings. The second kappa shape index (κ2) is 4.78. The van der Waals surface area contributed by atoms with E-state index < -0.39 is 5.92 Å². The van der Waals surface area contributed by atoms with Crippen molar-refractivity contribution in [2.24, 2.45) is 0 Å². The van der Waals surface area contributed by atoms with E-state index in [1.54, 1.807) is 42.7 Å². The molecular formula is C14H13NO2. The molecule has 1 atom stereocenters. The SMILES string of the molecule is CC(=O)C(c1cccnc1)c1ccccc1O. The van der Waals surface area contributed by atoms with Gasteiger partial charge in [-0.25, -0.2) is 0 Å². The number of aromatic nitrogens is 1. The van der Waals surface area contributed by atoms with Gasteiger partial charge in [0.05, 0.1) is 5.92 Å². The van der Waals surface area contributed by atoms with E-state index in [1.165, 1.54) is 6.92 Å². The normalized spacial score (nSPS) is 12.1. The van der Waals surface area contributed by atoms with Crippen molar-refractivity contribution < 1.29 is 9.90 Å². The van der Waals surface area contributed by atoms with Gasteiger partial charge in [0.15, 0.2) is 0 Å². The highest BCUT2D eigenvalue weighted by Crippen LogP contribution is 2.31. The lowest BCUT2D eigenvalue weighted by Gasteiger charge is -2.15. The van der Waals surface area contributed by atoms with E-state index in [0.717, 1.165) is 5.56 Å². The Morgan fingerprint density at radius 2 is 2.00 bits per heavy atom. The molecule has 1 aromatic heterocycles. The number of hydrogen-bond acceptors (Lipinski definition) is 3. The van der Waals surface area contributed by atoms with Crippen molar-refractivity contribution in [3.8, 4) is 5.75 Å². The maximum atomic E-state index is 11.8. The molecule has 1 aromatic carbocycles. The van der Waals surface area contributed by atoms with E-state index in [0.29, 0.717) is 5.56 Å². The number of ketones is 1. The van der Waals surface area contributed by atoms with Crippen molar-refractivity contribution in [3.63, 3.8) is 0 Å². The van der Waals surface area contributed by atoms with Gasteiger partial charge in [0.1, 0.15) is 11.5 Å². The van der Waals surface area contributed by atoms with Gasteiger partial charge in [0.25, 0.3) is 0 Å². The zero-order valence-corrected chi connectivity index (χ0v) is 9.50. The third kappa shape index (κ3) is 2.33. The largest absolute Gasteiger partial charge is 0.508 e. The van der Waals surface area contributed by atoms with Crippen molar-refractivity contribution in [2.75, 3.05) is 0 Å². The van der Waals surface area contributed by atoms with Gasteiger partial charge >= 0.3 is 0 Å². The molecule has 0 fully saturated rings. The van der Waals surface area contributed by atoms with Crippen molar-refractivity contribution in [1.82, 2.24) is 4.98 Å². The fraction of sp³-hybridized carbons (Fsp3) is 0.143. The standard InChI is InChI=1S/C14H13NO2/c1-10(16)14(11-5-4-8-15-9-11)12-6-2-3-7-13(12)17/h2-9,14,17H,1H3. The molecule has 17 heavy (non-hydrogen) atoms. The summed E-state index contributed by atoms with van der Waals surface area (Å²) in [6.45, 7) is 1.52. The smallest absolute Gasteiger partial charge is 0.141 e. The molecule has 86 valence electrons. The predicted molar refractivity (Wildman–Crippen MR) is 64.9 cm³/mol. The Labute approximate surface area is 99.8 Å². The number of carbonyl (C=O) groups is 1. The number of Topliss-reactive ketones (excluding diaryl/α,β-unsaturated/α-hetero) is 1. The molecule has 0 saturated carbocycles. The average Bonchev–Trinajstić information content (AvgIpc) is 2.33. The summed E-state index contributed by atoms with van der Waals surface area (Å²) in [7, 11) is 0. The Morgan fingerprint density at radius 3 is 2.59 bits per heavy atom. The van der Waals surface area contributed by atoms with Gasteiger partial charge in [-0.3, -0.25) is 9.78 Å². The Morgan fingerprint density at radius 1 is 1.24 bits per heavy atom. The lowest BCUT2D eigenvalue weighted by molar-refractivity contribution is -0.117. The van der Waals surface area contributed by atoms with Gasteiger partial charge in [0.2, 0.25) is 0 Å². The second-order valence-electron chi connectivity index (χ2n) is 3.89. The van der Waals surface area contributed by atoms with Crippen LogP contribution < -0.4 is 0 Å². The van der Waals surface area contributed by atoms with E-state index in [4.69, 9.17) is 0 Å². The minimum Gasteiger partial charge on any atom is -0.508 e. The van der Waals surface area contributed by atoms with Crippen molar-refractivity contribution in [3.05, 3.63) is 59.9 Å². The van der Waals surface area contributed by atoms with Crippen molar-refractivity contribution in [2.45, 2.75) is 12.8 Å². The fourth-order valence-corrected chi connectivity index (χ4v) is 1.91. The number of pyridine rings is 1. The van der Waals surface area contributed by atoms with Crippen LogP contribution in [0, 0.1) is 0 Å². The highest BCUT2D eigenvalue weighted by atomic mass is 16.3. The van der Waals surface area contributed by atoms with E-state index >= 15 is 0 Å². The predicted octanol–water partition coefficient (Wildman–Crippen LogP) is 2.51. The number of benzene rings is 1. The van der Waals surface area contributed by atoms with Gasteiger partial charge < -0.3 is 5.11 Å². The third-order valence-electron chi connectivity index (χ3n) is 2.67. The molecule has 0 saturated heterocycles. The van der Waals surface area contributed by atoms with Crippen LogP contribution >= 0.6 is 0 Å². The summed E-state index contributed by atoms with van der Waals surface area (Å²) in [4.78, 5) is 15.8. The molecular weight excluding hydrogens is 214 g/mol. The molecule has 0 amide bonds. The van der Waals surface area contributed by atoms with Crippen LogP contribution in [0.4, 0.5) is 0 Å². The first-order valence-corrected chi connectivity index (χ1v) is 5.38. The van der Waals surface area contributed by atoms with E-state index in [9.17, 15) is 9.90 Å². The molecule has 0 aliphatic carbocycles. The van der Waals surface area contributed by atoms with Crippen LogP contribution in [0.25, 0.3) is 0 Å². The Hall–Kier alpha value is -2.16. The summed E-state index contributed by atoms with van der Waals surface area (Å²) in [5, 5.41) is 9.82. The van der Waals surface area contributed by atoms with Gasteiger partial charge in [-0.1, -0.05) is 24.3 Å². The van der Waals surface area contributed by atoms with E-state index in [1.807, 2.05) is 6.07 Å². The van der Waals surface area contributed by atoms with Crippen LogP contribution in [-0.2, 0) is 4.79 Å². The first-order valence-electron chi connectivity index (χ1n) is 5.38. The molecule has 2 rings (SSSR count). The van der Waals surface area contributed by atoms with Gasteiger partial charge in [-0.2, -0.15) is 0 Å². The summed E-state index contributed by atoms with van der Waals surface area (Å²) < 4.78 is 0. The zero-order chi connectivity index (χ0) is 12.3. The molecule has 1 unspecified atom stereocenters. The summed E-state index contributed by atoms with van der Waals surface area (Å²) in [5.74, 6) is -0.332. The van der Waals surface area contributed by atoms with Crippen LogP contribution in [0.2, 0.25) is 0 Å². The van der Waals surface area contributed by atoms with Gasteiger partial charge in [-0.05, 0) is 24.6 Å². The van der Waals surface area contributed by atoms with Crippen LogP contribution in [0.1, 0.15) is 24.0 Å². The Kier molecular flexibility index (Phi) is 3.19. The summed E-state index contributed by atoms with van der Waals surface area (Å²) in [6, 6.07) is 10.5. The summed E-state index contributed by atoms with van der Waals surface area (Å²) in [5.41, 5.74) is 1.41. The maximum absolute atomic E-state index is 11.8. The molecule has 1 heterocycles. The maximum Gasteiger partial charge on any atom is 0.141 e. The third-order valence-corrected chi connectivity index (χ3v) is 2.67. The molecule has 3 heteroatoms. The number of phenolic OH excluding ortho intramolecular Hbond substituents is 1. The average molecular weight is 227 g/mol. The molecule has 0 bridgehead atoms. The minimum atomic E-state index is -0.454. The molecule has 1 N–H and O–H groups in total. The van der Waals surface area contributed by atoms with Crippen LogP contribution in [0.15, 0.2) is 48.8 Å². The summed E-state index contributed by atoms with van der Waals surface area (Å²) >= 11 is 0. The molecule has 0 spiro atoms. The molecule has 3 nitrogen and oxygen atoms in total. The lowest BCUT2D eigenvalue weighted by atomic mass is 9.89. The van der Waals surface area contributed by atoms with Crippen LogP contribution in [0.5, 0.6) is 5.75 Å². The fourth-order valence-electron chi connectivity index (χ4n) is 1.91. The monoisotopic (exact) mass is 227 g/mol. The zero-order valence-electron chi connectivity index (χ0n) is 9.50. The number of phenols is 1. The quantitative estimate of drug-likeness (QED) is 0.876. The number of nitrogens with zero attached hydrogens (tertiary/aromatic N) is 1. The van der Waals surface area contributed by atoms with E-state index in [2.05, 4.69) is 4.98 Å². The van der Waals surface area contributed by atoms with Crippen LogP contribution in [0.3, 0.4) is 0 Å². The molecule has 2 aromatic rings. The van der Waals surface area contributed by atoms with Gasteiger partial charge in [0, 0.05) is 18.0 Å². The molecule has 0 radical (unpaired) electrons. The first-order chi connectivity index (χ1) is 8.20.